The maximum atomic E-state index is 12.6. The molecule has 0 spiro atoms. The Morgan fingerprint density at radius 3 is 2.68 bits per heavy atom. The van der Waals surface area contributed by atoms with Crippen molar-refractivity contribution in [3.8, 4) is 5.75 Å². The molecule has 1 fully saturated rings. The molecule has 25 heavy (non-hydrogen) atoms. The predicted octanol–water partition coefficient (Wildman–Crippen LogP) is 2.79. The summed E-state index contributed by atoms with van der Waals surface area (Å²) in [6, 6.07) is 7.82. The molecule has 0 saturated carbocycles. The van der Waals surface area contributed by atoms with Crippen molar-refractivity contribution in [2.45, 2.75) is 46.6 Å². The maximum absolute atomic E-state index is 12.6. The summed E-state index contributed by atoms with van der Waals surface area (Å²) < 4.78 is 13.1. The third-order valence-corrected chi connectivity index (χ3v) is 4.26. The number of nitrogens with zero attached hydrogens (tertiary/aromatic N) is 3. The maximum Gasteiger partial charge on any atom is 0.274 e. The highest BCUT2D eigenvalue weighted by molar-refractivity contribution is 5.92. The normalized spacial score (nSPS) is 20.6. The quantitative estimate of drug-likeness (QED) is 0.857. The van der Waals surface area contributed by atoms with Crippen LogP contribution in [0.25, 0.3) is 0 Å². The summed E-state index contributed by atoms with van der Waals surface area (Å²) in [5.41, 5.74) is 2.66. The molecule has 1 aromatic heterocycles. The van der Waals surface area contributed by atoms with E-state index in [1.807, 2.05) is 39.8 Å². The first kappa shape index (κ1) is 17.5. The molecule has 1 saturated heterocycles. The second-order valence-corrected chi connectivity index (χ2v) is 6.75. The van der Waals surface area contributed by atoms with Gasteiger partial charge in [-0.25, -0.2) is 4.68 Å². The minimum absolute atomic E-state index is 0.0439. The second-order valence-electron chi connectivity index (χ2n) is 6.75. The van der Waals surface area contributed by atoms with Gasteiger partial charge in [0.05, 0.1) is 12.2 Å². The number of hydrogen-bond acceptors (Lipinski definition) is 4. The van der Waals surface area contributed by atoms with Gasteiger partial charge in [0.1, 0.15) is 5.75 Å². The average Bonchev–Trinajstić information content (AvgIpc) is 3.03. The third-order valence-electron chi connectivity index (χ3n) is 4.26. The van der Waals surface area contributed by atoms with Gasteiger partial charge in [0, 0.05) is 19.3 Å². The number of carbonyl (C=O) groups is 1. The second kappa shape index (κ2) is 7.27. The lowest BCUT2D eigenvalue weighted by atomic mass is 10.1. The number of hydrogen-bond donors (Lipinski definition) is 0. The Morgan fingerprint density at radius 2 is 1.96 bits per heavy atom. The van der Waals surface area contributed by atoms with Crippen molar-refractivity contribution in [2.75, 3.05) is 13.1 Å². The van der Waals surface area contributed by atoms with Gasteiger partial charge in [0.25, 0.3) is 5.91 Å². The van der Waals surface area contributed by atoms with E-state index >= 15 is 0 Å². The Balaban J connectivity index is 1.64. The van der Waals surface area contributed by atoms with E-state index in [0.29, 0.717) is 18.8 Å². The van der Waals surface area contributed by atoms with Crippen LogP contribution in [0.5, 0.6) is 5.75 Å². The topological polar surface area (TPSA) is 56.6 Å². The summed E-state index contributed by atoms with van der Waals surface area (Å²) in [7, 11) is 0. The standard InChI is InChI=1S/C19H25N3O3/c1-13-5-6-14(2)18(9-13)24-12-22-8-7-17(20-22)19(23)21-10-15(3)25-16(4)11-21/h5-9,15-16H,10-12H2,1-4H3. The molecule has 2 atom stereocenters. The molecule has 6 nitrogen and oxygen atoms in total. The molecule has 134 valence electrons. The van der Waals surface area contributed by atoms with Crippen molar-refractivity contribution in [3.05, 3.63) is 47.3 Å². The van der Waals surface area contributed by atoms with E-state index < -0.39 is 0 Å². The van der Waals surface area contributed by atoms with E-state index in [2.05, 4.69) is 11.2 Å². The number of benzene rings is 1. The van der Waals surface area contributed by atoms with Crippen molar-refractivity contribution in [2.24, 2.45) is 0 Å². The fraction of sp³-hybridized carbons (Fsp3) is 0.474. The summed E-state index contributed by atoms with van der Waals surface area (Å²) in [6.45, 7) is 9.45. The van der Waals surface area contributed by atoms with Crippen LogP contribution in [0.1, 0.15) is 35.5 Å². The number of rotatable bonds is 4. The summed E-state index contributed by atoms with van der Waals surface area (Å²) in [5, 5.41) is 4.36. The van der Waals surface area contributed by atoms with E-state index in [1.54, 1.807) is 21.8 Å². The molecule has 1 aliphatic heterocycles. The summed E-state index contributed by atoms with van der Waals surface area (Å²) >= 11 is 0. The predicted molar refractivity (Wildman–Crippen MR) is 94.7 cm³/mol. The molecular weight excluding hydrogens is 318 g/mol. The van der Waals surface area contributed by atoms with E-state index in [0.717, 1.165) is 16.9 Å². The van der Waals surface area contributed by atoms with Gasteiger partial charge in [-0.3, -0.25) is 4.79 Å². The Labute approximate surface area is 148 Å². The molecule has 1 aliphatic rings. The van der Waals surface area contributed by atoms with Crippen LogP contribution < -0.4 is 4.74 Å². The van der Waals surface area contributed by atoms with Gasteiger partial charge < -0.3 is 14.4 Å². The average molecular weight is 343 g/mol. The monoisotopic (exact) mass is 343 g/mol. The smallest absolute Gasteiger partial charge is 0.274 e. The molecule has 0 aliphatic carbocycles. The van der Waals surface area contributed by atoms with Crippen LogP contribution in [0.4, 0.5) is 0 Å². The Morgan fingerprint density at radius 1 is 1.24 bits per heavy atom. The molecular formula is C19H25N3O3. The Bertz CT molecular complexity index is 746. The van der Waals surface area contributed by atoms with Crippen molar-refractivity contribution < 1.29 is 14.3 Å². The van der Waals surface area contributed by atoms with Gasteiger partial charge >= 0.3 is 0 Å². The Hall–Kier alpha value is -2.34. The molecule has 1 amide bonds. The first-order valence-electron chi connectivity index (χ1n) is 8.60. The van der Waals surface area contributed by atoms with Gasteiger partial charge in [-0.1, -0.05) is 12.1 Å². The molecule has 0 N–H and O–H groups in total. The minimum Gasteiger partial charge on any atom is -0.471 e. The van der Waals surface area contributed by atoms with Gasteiger partial charge in [-0.05, 0) is 51.0 Å². The largest absolute Gasteiger partial charge is 0.471 e. The van der Waals surface area contributed by atoms with Crippen LogP contribution in [0.3, 0.4) is 0 Å². The van der Waals surface area contributed by atoms with Crippen molar-refractivity contribution in [1.82, 2.24) is 14.7 Å². The van der Waals surface area contributed by atoms with Crippen molar-refractivity contribution in [1.29, 1.82) is 0 Å². The lowest BCUT2D eigenvalue weighted by molar-refractivity contribution is -0.0587. The number of morpholine rings is 1. The molecule has 0 bridgehead atoms. The summed E-state index contributed by atoms with van der Waals surface area (Å²) in [6.07, 6.45) is 1.86. The zero-order chi connectivity index (χ0) is 18.0. The van der Waals surface area contributed by atoms with Gasteiger partial charge in [0.15, 0.2) is 12.4 Å². The van der Waals surface area contributed by atoms with Crippen LogP contribution in [0.2, 0.25) is 0 Å². The SMILES string of the molecule is Cc1ccc(C)c(OCn2ccc(C(=O)N3CC(C)OC(C)C3)n2)c1. The molecule has 2 heterocycles. The van der Waals surface area contributed by atoms with Gasteiger partial charge in [0.2, 0.25) is 0 Å². The van der Waals surface area contributed by atoms with E-state index in [9.17, 15) is 4.79 Å². The molecule has 1 aromatic carbocycles. The van der Waals surface area contributed by atoms with Crippen LogP contribution in [-0.2, 0) is 11.5 Å². The van der Waals surface area contributed by atoms with Crippen molar-refractivity contribution in [3.63, 3.8) is 0 Å². The fourth-order valence-electron chi connectivity index (χ4n) is 3.05. The molecule has 3 rings (SSSR count). The highest BCUT2D eigenvalue weighted by atomic mass is 16.5. The van der Waals surface area contributed by atoms with Crippen LogP contribution in [0, 0.1) is 13.8 Å². The zero-order valence-electron chi connectivity index (χ0n) is 15.2. The van der Waals surface area contributed by atoms with E-state index in [-0.39, 0.29) is 24.8 Å². The van der Waals surface area contributed by atoms with Crippen LogP contribution in [-0.4, -0.2) is 45.9 Å². The van der Waals surface area contributed by atoms with Crippen molar-refractivity contribution >= 4 is 5.91 Å². The molecule has 0 radical (unpaired) electrons. The third kappa shape index (κ3) is 4.20. The molecule has 2 unspecified atom stereocenters. The van der Waals surface area contributed by atoms with Gasteiger partial charge in [-0.2, -0.15) is 5.10 Å². The van der Waals surface area contributed by atoms with Crippen LogP contribution >= 0.6 is 0 Å². The highest BCUT2D eigenvalue weighted by Crippen LogP contribution is 2.19. The number of aryl methyl sites for hydroxylation is 2. The molecule has 2 aromatic rings. The van der Waals surface area contributed by atoms with Gasteiger partial charge in [-0.15, -0.1) is 0 Å². The number of ether oxygens (including phenoxy) is 2. The fourth-order valence-corrected chi connectivity index (χ4v) is 3.05. The minimum atomic E-state index is -0.0625. The number of carbonyl (C=O) groups excluding carboxylic acids is 1. The molecule has 6 heteroatoms. The Kier molecular flexibility index (Phi) is 5.08. The zero-order valence-corrected chi connectivity index (χ0v) is 15.2. The number of aromatic nitrogens is 2. The first-order valence-corrected chi connectivity index (χ1v) is 8.60. The van der Waals surface area contributed by atoms with E-state index in [1.165, 1.54) is 0 Å². The summed E-state index contributed by atoms with van der Waals surface area (Å²) in [4.78, 5) is 14.4. The van der Waals surface area contributed by atoms with E-state index in [4.69, 9.17) is 9.47 Å². The highest BCUT2D eigenvalue weighted by Gasteiger charge is 2.27. The lowest BCUT2D eigenvalue weighted by Gasteiger charge is -2.34. The lowest BCUT2D eigenvalue weighted by Crippen LogP contribution is -2.48. The van der Waals surface area contributed by atoms with Crippen LogP contribution in [0.15, 0.2) is 30.5 Å². The number of amides is 1. The first-order chi connectivity index (χ1) is 11.9. The summed E-state index contributed by atoms with van der Waals surface area (Å²) in [5.74, 6) is 0.770.